The predicted octanol–water partition coefficient (Wildman–Crippen LogP) is 5.43. The second-order valence-corrected chi connectivity index (χ2v) is 9.74. The number of hydrogen-bond donors (Lipinski definition) is 0. The predicted molar refractivity (Wildman–Crippen MR) is 124 cm³/mol. The van der Waals surface area contributed by atoms with E-state index in [9.17, 15) is 49.1 Å². The van der Waals surface area contributed by atoms with Gasteiger partial charge in [0.05, 0.1) is 11.1 Å². The summed E-state index contributed by atoms with van der Waals surface area (Å²) in [7, 11) is 0. The lowest BCUT2D eigenvalue weighted by atomic mass is 9.84. The summed E-state index contributed by atoms with van der Waals surface area (Å²) in [6, 6.07) is 9.21. The first-order valence-electron chi connectivity index (χ1n) is 12.3. The van der Waals surface area contributed by atoms with Crippen LogP contribution in [0.3, 0.4) is 0 Å². The number of nitrogens with zero attached hydrogens (tertiary/aromatic N) is 3. The Hall–Kier alpha value is -3.29. The molecule has 40 heavy (non-hydrogen) atoms. The molecule has 0 saturated carbocycles. The molecule has 0 N–H and O–H groups in total. The van der Waals surface area contributed by atoms with E-state index in [2.05, 4.69) is 0 Å². The van der Waals surface area contributed by atoms with Crippen LogP contribution in [0.1, 0.15) is 39.4 Å². The minimum Gasteiger partial charge on any atom is -0.338 e. The fourth-order valence-electron chi connectivity index (χ4n) is 5.29. The lowest BCUT2D eigenvalue weighted by Gasteiger charge is -2.47. The summed E-state index contributed by atoms with van der Waals surface area (Å²) in [5.74, 6) is -3.35. The number of halogens is 9. The van der Waals surface area contributed by atoms with Gasteiger partial charge in [0, 0.05) is 56.8 Å². The van der Waals surface area contributed by atoms with Crippen LogP contribution in [0.4, 0.5) is 39.5 Å². The number of benzene rings is 2. The van der Waals surface area contributed by atoms with E-state index in [4.69, 9.17) is 0 Å². The quantitative estimate of drug-likeness (QED) is 0.455. The number of carbonyl (C=O) groups excluding carboxylic acids is 2. The molecule has 2 aliphatic heterocycles. The summed E-state index contributed by atoms with van der Waals surface area (Å²) >= 11 is 0. The number of amides is 2. The van der Waals surface area contributed by atoms with Crippen molar-refractivity contribution in [1.29, 1.82) is 0 Å². The lowest BCUT2D eigenvalue weighted by molar-refractivity contribution is -0.187. The molecular weight excluding hydrogens is 557 g/mol. The Labute approximate surface area is 223 Å². The minimum absolute atomic E-state index is 0.00608. The Bertz CT molecular complexity index is 1190. The van der Waals surface area contributed by atoms with Gasteiger partial charge in [-0.05, 0) is 30.2 Å². The van der Waals surface area contributed by atoms with Crippen molar-refractivity contribution in [3.8, 4) is 0 Å². The Morgan fingerprint density at radius 2 is 1.25 bits per heavy atom. The summed E-state index contributed by atoms with van der Waals surface area (Å²) in [6.07, 6.45) is -14.9. The highest BCUT2D eigenvalue weighted by Crippen LogP contribution is 2.38. The number of alkyl halides is 9. The van der Waals surface area contributed by atoms with Crippen LogP contribution in [0.5, 0.6) is 0 Å². The molecule has 2 aromatic rings. The number of carbonyl (C=O) groups is 2. The highest BCUT2D eigenvalue weighted by Gasteiger charge is 2.45. The molecule has 2 fully saturated rings. The molecule has 2 amide bonds. The van der Waals surface area contributed by atoms with Crippen molar-refractivity contribution in [2.75, 3.05) is 39.3 Å². The molecule has 2 saturated heterocycles. The van der Waals surface area contributed by atoms with Gasteiger partial charge in [-0.3, -0.25) is 14.5 Å². The van der Waals surface area contributed by atoms with Crippen LogP contribution in [-0.2, 0) is 17.1 Å². The molecule has 0 aromatic heterocycles. The van der Waals surface area contributed by atoms with Crippen LogP contribution in [-0.4, -0.2) is 78.0 Å². The molecule has 4 rings (SSSR count). The smallest absolute Gasteiger partial charge is 0.338 e. The zero-order valence-corrected chi connectivity index (χ0v) is 20.8. The fourth-order valence-corrected chi connectivity index (χ4v) is 5.29. The molecule has 2 aromatic carbocycles. The SMILES string of the molecule is O=C(c1cc(C(F)(F)F)cc(C(F)(F)F)c1)N1CCC(N2CCN(C(=O)C(F)(F)F)CC2)C(c2ccccc2)C1. The summed E-state index contributed by atoms with van der Waals surface area (Å²) in [4.78, 5) is 28.7. The molecule has 2 aliphatic rings. The van der Waals surface area contributed by atoms with E-state index in [1.807, 2.05) is 4.90 Å². The number of likely N-dealkylation sites (tertiary alicyclic amines) is 1. The van der Waals surface area contributed by atoms with Crippen molar-refractivity contribution >= 4 is 11.8 Å². The van der Waals surface area contributed by atoms with E-state index in [0.717, 1.165) is 10.5 Å². The van der Waals surface area contributed by atoms with E-state index in [1.54, 1.807) is 30.3 Å². The Kier molecular flexibility index (Phi) is 8.12. The highest BCUT2D eigenvalue weighted by atomic mass is 19.4. The van der Waals surface area contributed by atoms with Crippen LogP contribution < -0.4 is 0 Å². The molecule has 14 heteroatoms. The topological polar surface area (TPSA) is 43.9 Å². The number of piperazine rings is 1. The minimum atomic E-state index is -5.11. The number of rotatable bonds is 3. The van der Waals surface area contributed by atoms with Gasteiger partial charge in [-0.2, -0.15) is 39.5 Å². The second kappa shape index (κ2) is 10.9. The van der Waals surface area contributed by atoms with Gasteiger partial charge >= 0.3 is 24.4 Å². The molecule has 2 heterocycles. The maximum absolute atomic E-state index is 13.3. The molecule has 2 unspecified atom stereocenters. The van der Waals surface area contributed by atoms with Gasteiger partial charge in [-0.15, -0.1) is 0 Å². The fraction of sp³-hybridized carbons (Fsp3) is 0.462. The maximum Gasteiger partial charge on any atom is 0.471 e. The normalized spacial score (nSPS) is 21.4. The van der Waals surface area contributed by atoms with Crippen molar-refractivity contribution in [3.05, 3.63) is 70.8 Å². The Morgan fingerprint density at radius 1 is 0.700 bits per heavy atom. The van der Waals surface area contributed by atoms with E-state index >= 15 is 0 Å². The second-order valence-electron chi connectivity index (χ2n) is 9.74. The first-order valence-corrected chi connectivity index (χ1v) is 12.3. The van der Waals surface area contributed by atoms with Crippen LogP contribution >= 0.6 is 0 Å². The highest BCUT2D eigenvalue weighted by molar-refractivity contribution is 5.95. The Morgan fingerprint density at radius 3 is 1.75 bits per heavy atom. The Balaban J connectivity index is 1.57. The van der Waals surface area contributed by atoms with Gasteiger partial charge in [-0.25, -0.2) is 0 Å². The van der Waals surface area contributed by atoms with Crippen LogP contribution in [0.15, 0.2) is 48.5 Å². The first kappa shape index (κ1) is 29.7. The van der Waals surface area contributed by atoms with E-state index in [0.29, 0.717) is 12.1 Å². The van der Waals surface area contributed by atoms with E-state index in [1.165, 1.54) is 4.90 Å². The van der Waals surface area contributed by atoms with Crippen molar-refractivity contribution < 1.29 is 49.1 Å². The largest absolute Gasteiger partial charge is 0.471 e. The van der Waals surface area contributed by atoms with Crippen LogP contribution in [0, 0.1) is 0 Å². The van der Waals surface area contributed by atoms with E-state index in [-0.39, 0.29) is 57.8 Å². The number of piperidine rings is 1. The molecule has 5 nitrogen and oxygen atoms in total. The third-order valence-corrected chi connectivity index (χ3v) is 7.24. The van der Waals surface area contributed by atoms with E-state index < -0.39 is 53.0 Å². The molecule has 0 aliphatic carbocycles. The van der Waals surface area contributed by atoms with Gasteiger partial charge in [-0.1, -0.05) is 30.3 Å². The lowest BCUT2D eigenvalue weighted by Crippen LogP contribution is -2.58. The van der Waals surface area contributed by atoms with Gasteiger partial charge in [0.1, 0.15) is 0 Å². The van der Waals surface area contributed by atoms with Crippen LogP contribution in [0.2, 0.25) is 0 Å². The third-order valence-electron chi connectivity index (χ3n) is 7.24. The molecule has 218 valence electrons. The summed E-state index contributed by atoms with van der Waals surface area (Å²) in [5.41, 5.74) is -3.18. The van der Waals surface area contributed by atoms with Gasteiger partial charge in [0.25, 0.3) is 5.91 Å². The molecule has 2 atom stereocenters. The maximum atomic E-state index is 13.3. The third kappa shape index (κ3) is 6.53. The monoisotopic (exact) mass is 581 g/mol. The number of hydrogen-bond acceptors (Lipinski definition) is 3. The average Bonchev–Trinajstić information content (AvgIpc) is 2.91. The van der Waals surface area contributed by atoms with Crippen molar-refractivity contribution in [2.24, 2.45) is 0 Å². The van der Waals surface area contributed by atoms with Crippen molar-refractivity contribution in [2.45, 2.75) is 36.9 Å². The van der Waals surface area contributed by atoms with Gasteiger partial charge < -0.3 is 9.80 Å². The van der Waals surface area contributed by atoms with Crippen molar-refractivity contribution in [3.63, 3.8) is 0 Å². The summed E-state index contributed by atoms with van der Waals surface area (Å²) < 4.78 is 119. The molecule has 0 bridgehead atoms. The first-order chi connectivity index (χ1) is 18.6. The molecular formula is C26H24F9N3O2. The summed E-state index contributed by atoms with van der Waals surface area (Å²) in [5, 5.41) is 0. The van der Waals surface area contributed by atoms with Gasteiger partial charge in [0.2, 0.25) is 0 Å². The molecule has 0 radical (unpaired) electrons. The zero-order valence-electron chi connectivity index (χ0n) is 20.8. The standard InChI is InChI=1S/C26H24F9N3O2/c27-24(28,29)18-12-17(13-19(14-18)25(30,31)32)22(39)38-7-6-21(20(15-38)16-4-2-1-3-5-16)36-8-10-37(11-9-36)23(40)26(33,34)35/h1-5,12-14,20-21H,6-11,15H2. The molecule has 0 spiro atoms. The summed E-state index contributed by atoms with van der Waals surface area (Å²) in [6.45, 7) is -0.0927. The van der Waals surface area contributed by atoms with Crippen molar-refractivity contribution in [1.82, 2.24) is 14.7 Å². The van der Waals surface area contributed by atoms with Gasteiger partial charge in [0.15, 0.2) is 0 Å². The van der Waals surface area contributed by atoms with Crippen LogP contribution in [0.25, 0.3) is 0 Å². The average molecular weight is 581 g/mol. The zero-order chi connectivity index (χ0) is 29.5.